The molecule has 0 unspecified atom stereocenters. The molecule has 0 aliphatic rings. The van der Waals surface area contributed by atoms with E-state index in [1.165, 1.54) is 0 Å². The Balaban J connectivity index is 1.47. The number of hydrogen-bond donors (Lipinski definition) is 1. The number of ether oxygens (including phenoxy) is 2. The van der Waals surface area contributed by atoms with Crippen LogP contribution in [0.5, 0.6) is 11.5 Å². The lowest BCUT2D eigenvalue weighted by Gasteiger charge is -2.19. The number of carbonyl (C=O) groups is 1. The van der Waals surface area contributed by atoms with Gasteiger partial charge < -0.3 is 19.4 Å². The Bertz CT molecular complexity index is 1540. The van der Waals surface area contributed by atoms with Gasteiger partial charge in [-0.1, -0.05) is 74.5 Å². The first-order valence-corrected chi connectivity index (χ1v) is 12.7. The van der Waals surface area contributed by atoms with Crippen molar-refractivity contribution in [3.8, 4) is 11.5 Å². The van der Waals surface area contributed by atoms with Crippen molar-refractivity contribution >= 4 is 22.6 Å². The van der Waals surface area contributed by atoms with Crippen molar-refractivity contribution in [1.29, 1.82) is 0 Å². The first kappa shape index (κ1) is 25.1. The van der Waals surface area contributed by atoms with E-state index in [0.29, 0.717) is 36.0 Å². The highest BCUT2D eigenvalue weighted by molar-refractivity contribution is 6.07. The number of benzene rings is 3. The van der Waals surface area contributed by atoms with Crippen LogP contribution in [0.15, 0.2) is 97.3 Å². The summed E-state index contributed by atoms with van der Waals surface area (Å²) in [6.07, 6.45) is 3.62. The largest absolute Gasteiger partial charge is 0.488 e. The molecule has 2 heterocycles. The lowest BCUT2D eigenvalue weighted by atomic mass is 9.98. The van der Waals surface area contributed by atoms with Crippen LogP contribution >= 0.6 is 0 Å². The Labute approximate surface area is 222 Å². The maximum atomic E-state index is 13.6. The van der Waals surface area contributed by atoms with Crippen LogP contribution in [0, 0.1) is 0 Å². The van der Waals surface area contributed by atoms with Gasteiger partial charge in [0.1, 0.15) is 30.4 Å². The Hall–Kier alpha value is -4.58. The number of hydrogen-bond acceptors (Lipinski definition) is 4. The second-order valence-corrected chi connectivity index (χ2v) is 9.61. The zero-order valence-corrected chi connectivity index (χ0v) is 21.8. The molecule has 0 atom stereocenters. The monoisotopic (exact) mass is 505 g/mol. The van der Waals surface area contributed by atoms with Gasteiger partial charge in [-0.2, -0.15) is 0 Å². The molecule has 0 bridgehead atoms. The van der Waals surface area contributed by atoms with Gasteiger partial charge in [-0.3, -0.25) is 4.79 Å². The smallest absolute Gasteiger partial charge is 0.259 e. The third kappa shape index (κ3) is 5.70. The Morgan fingerprint density at radius 2 is 1.50 bits per heavy atom. The number of fused-ring (bicyclic) bond motifs is 1. The van der Waals surface area contributed by atoms with E-state index in [-0.39, 0.29) is 11.8 Å². The first-order valence-electron chi connectivity index (χ1n) is 12.7. The molecule has 5 rings (SSSR count). The van der Waals surface area contributed by atoms with E-state index < -0.39 is 0 Å². The fourth-order valence-corrected chi connectivity index (χ4v) is 4.34. The minimum absolute atomic E-state index is 0.137. The average molecular weight is 506 g/mol. The van der Waals surface area contributed by atoms with Crippen LogP contribution < -0.4 is 14.8 Å². The number of aryl methyl sites for hydroxylation is 1. The van der Waals surface area contributed by atoms with E-state index in [4.69, 9.17) is 9.47 Å². The lowest BCUT2D eigenvalue weighted by Crippen LogP contribution is -2.15. The summed E-state index contributed by atoms with van der Waals surface area (Å²) in [5.41, 5.74) is 4.95. The Kier molecular flexibility index (Phi) is 7.40. The van der Waals surface area contributed by atoms with Crippen LogP contribution in [0.3, 0.4) is 0 Å². The van der Waals surface area contributed by atoms with Gasteiger partial charge in [0.2, 0.25) is 0 Å². The van der Waals surface area contributed by atoms with Gasteiger partial charge in [0.25, 0.3) is 5.91 Å². The minimum atomic E-state index is -0.262. The first-order chi connectivity index (χ1) is 18.5. The van der Waals surface area contributed by atoms with Crippen LogP contribution in [0.25, 0.3) is 11.0 Å². The molecule has 0 radical (unpaired) electrons. The summed E-state index contributed by atoms with van der Waals surface area (Å²) in [5.74, 6) is 1.04. The van der Waals surface area contributed by atoms with E-state index in [9.17, 15) is 4.79 Å². The molecule has 2 aromatic heterocycles. The van der Waals surface area contributed by atoms with E-state index in [0.717, 1.165) is 27.7 Å². The summed E-state index contributed by atoms with van der Waals surface area (Å²) >= 11 is 0. The van der Waals surface area contributed by atoms with Crippen LogP contribution in [0.1, 0.15) is 46.8 Å². The second-order valence-electron chi connectivity index (χ2n) is 9.61. The zero-order valence-electron chi connectivity index (χ0n) is 21.8. The summed E-state index contributed by atoms with van der Waals surface area (Å²) in [6.45, 7) is 4.93. The quantitative estimate of drug-likeness (QED) is 0.232. The molecule has 3 aromatic carbocycles. The third-order valence-electron chi connectivity index (χ3n) is 6.42. The molecule has 0 aliphatic heterocycles. The molecule has 6 nitrogen and oxygen atoms in total. The number of pyridine rings is 1. The fraction of sp³-hybridized carbons (Fsp3) is 0.188. The van der Waals surface area contributed by atoms with Crippen molar-refractivity contribution in [1.82, 2.24) is 9.55 Å². The van der Waals surface area contributed by atoms with Crippen molar-refractivity contribution in [3.63, 3.8) is 0 Å². The molecule has 38 heavy (non-hydrogen) atoms. The number of carbonyl (C=O) groups excluding carboxylic acids is 1. The van der Waals surface area contributed by atoms with Gasteiger partial charge in [-0.05, 0) is 40.8 Å². The number of aromatic nitrogens is 2. The second kappa shape index (κ2) is 11.2. The Morgan fingerprint density at radius 1 is 0.868 bits per heavy atom. The molecule has 0 saturated carbocycles. The summed E-state index contributed by atoms with van der Waals surface area (Å²) in [7, 11) is 1.94. The maximum Gasteiger partial charge on any atom is 0.259 e. The fourth-order valence-electron chi connectivity index (χ4n) is 4.34. The number of rotatable bonds is 9. The highest BCUT2D eigenvalue weighted by Gasteiger charge is 2.20. The van der Waals surface area contributed by atoms with E-state index in [1.807, 2.05) is 103 Å². The summed E-state index contributed by atoms with van der Waals surface area (Å²) < 4.78 is 14.4. The molecule has 5 aromatic rings. The molecular formula is C32H31N3O3. The van der Waals surface area contributed by atoms with Gasteiger partial charge in [0.05, 0.1) is 17.4 Å². The Morgan fingerprint density at radius 3 is 2.13 bits per heavy atom. The van der Waals surface area contributed by atoms with Crippen LogP contribution in [-0.2, 0) is 20.3 Å². The van der Waals surface area contributed by atoms with Gasteiger partial charge >= 0.3 is 0 Å². The molecular weight excluding hydrogens is 474 g/mol. The standard InChI is InChI=1S/C32H31N3O3/c1-22(2)27-17-28(32(36)34-26-16-25-14-15-35(3)31(25)33-19-26)30(38-21-24-12-8-5-9-13-24)18-29(27)37-20-23-10-6-4-7-11-23/h4-19,22H,20-21H2,1-3H3,(H,34,36). The van der Waals surface area contributed by atoms with E-state index in [1.54, 1.807) is 6.20 Å². The number of nitrogens with zero attached hydrogens (tertiary/aromatic N) is 2. The highest BCUT2D eigenvalue weighted by atomic mass is 16.5. The normalized spacial score (nSPS) is 11.1. The van der Waals surface area contributed by atoms with Crippen molar-refractivity contribution < 1.29 is 14.3 Å². The molecule has 1 amide bonds. The number of nitrogens with one attached hydrogen (secondary N) is 1. The van der Waals surface area contributed by atoms with Crippen molar-refractivity contribution in [2.24, 2.45) is 7.05 Å². The SMILES string of the molecule is CC(C)c1cc(C(=O)Nc2cnc3c(ccn3C)c2)c(OCc2ccccc2)cc1OCc1ccccc1. The van der Waals surface area contributed by atoms with Crippen LogP contribution in [0.4, 0.5) is 5.69 Å². The maximum absolute atomic E-state index is 13.6. The molecule has 0 spiro atoms. The van der Waals surface area contributed by atoms with Crippen LogP contribution in [-0.4, -0.2) is 15.5 Å². The third-order valence-corrected chi connectivity index (χ3v) is 6.42. The topological polar surface area (TPSA) is 65.4 Å². The zero-order chi connectivity index (χ0) is 26.5. The van der Waals surface area contributed by atoms with Crippen molar-refractivity contribution in [3.05, 3.63) is 120 Å². The molecule has 0 aliphatic carbocycles. The van der Waals surface area contributed by atoms with Gasteiger partial charge in [-0.25, -0.2) is 4.98 Å². The van der Waals surface area contributed by atoms with Gasteiger partial charge in [0.15, 0.2) is 0 Å². The molecule has 0 fully saturated rings. The predicted molar refractivity (Wildman–Crippen MR) is 151 cm³/mol. The predicted octanol–water partition coefficient (Wildman–Crippen LogP) is 7.11. The van der Waals surface area contributed by atoms with Gasteiger partial charge in [0, 0.05) is 24.7 Å². The summed E-state index contributed by atoms with van der Waals surface area (Å²) in [5, 5.41) is 3.97. The lowest BCUT2D eigenvalue weighted by molar-refractivity contribution is 0.102. The molecule has 0 saturated heterocycles. The van der Waals surface area contributed by atoms with E-state index >= 15 is 0 Å². The van der Waals surface area contributed by atoms with Crippen molar-refractivity contribution in [2.75, 3.05) is 5.32 Å². The minimum Gasteiger partial charge on any atom is -0.488 e. The van der Waals surface area contributed by atoms with Crippen LogP contribution in [0.2, 0.25) is 0 Å². The molecule has 192 valence electrons. The molecule has 6 heteroatoms. The number of amides is 1. The van der Waals surface area contributed by atoms with Crippen molar-refractivity contribution in [2.45, 2.75) is 33.0 Å². The number of anilines is 1. The summed E-state index contributed by atoms with van der Waals surface area (Å²) in [6, 6.07) is 27.5. The van der Waals surface area contributed by atoms with E-state index in [2.05, 4.69) is 24.1 Å². The summed E-state index contributed by atoms with van der Waals surface area (Å²) in [4.78, 5) is 18.1. The van der Waals surface area contributed by atoms with Gasteiger partial charge in [-0.15, -0.1) is 0 Å². The molecule has 1 N–H and O–H groups in total. The average Bonchev–Trinajstić information content (AvgIpc) is 3.31. The highest BCUT2D eigenvalue weighted by Crippen LogP contribution is 2.35.